The van der Waals surface area contributed by atoms with Gasteiger partial charge in [0.05, 0.1) is 6.61 Å². The highest BCUT2D eigenvalue weighted by molar-refractivity contribution is 5.75. The monoisotopic (exact) mass is 310 g/mol. The number of pyridine rings is 1. The molecule has 4 heteroatoms. The largest absolute Gasteiger partial charge is 0.493 e. The second-order valence-corrected chi connectivity index (χ2v) is 5.59. The van der Waals surface area contributed by atoms with Gasteiger partial charge in [-0.3, -0.25) is 4.79 Å². The minimum absolute atomic E-state index is 0.123. The molecule has 1 aromatic heterocycles. The number of unbranched alkanes of at least 4 members (excludes halogenated alkanes) is 3. The number of hydrogen-bond acceptors (Lipinski definition) is 3. The molecule has 2 rings (SSSR count). The second kappa shape index (κ2) is 8.19. The number of ether oxygens (including phenoxy) is 1. The first-order valence-corrected chi connectivity index (χ1v) is 8.03. The van der Waals surface area contributed by atoms with E-state index in [9.17, 15) is 10.1 Å². The average Bonchev–Trinajstić information content (AvgIpc) is 2.54. The van der Waals surface area contributed by atoms with Gasteiger partial charge in [-0.05, 0) is 25.5 Å². The van der Waals surface area contributed by atoms with Crippen LogP contribution in [-0.4, -0.2) is 11.6 Å². The van der Waals surface area contributed by atoms with E-state index in [2.05, 4.69) is 11.9 Å². The fourth-order valence-electron chi connectivity index (χ4n) is 2.54. The summed E-state index contributed by atoms with van der Waals surface area (Å²) in [6.45, 7) is 4.62. The first-order valence-electron chi connectivity index (χ1n) is 8.03. The van der Waals surface area contributed by atoms with E-state index in [4.69, 9.17) is 4.74 Å². The number of para-hydroxylation sites is 1. The van der Waals surface area contributed by atoms with Gasteiger partial charge in [0.15, 0.2) is 0 Å². The number of benzene rings is 1. The molecule has 0 atom stereocenters. The van der Waals surface area contributed by atoms with Crippen molar-refractivity contribution in [3.63, 3.8) is 0 Å². The first kappa shape index (κ1) is 16.8. The van der Waals surface area contributed by atoms with Crippen LogP contribution >= 0.6 is 0 Å². The Kier molecular flexibility index (Phi) is 5.99. The van der Waals surface area contributed by atoms with Crippen LogP contribution in [0.4, 0.5) is 0 Å². The van der Waals surface area contributed by atoms with Gasteiger partial charge >= 0.3 is 0 Å². The Morgan fingerprint density at radius 2 is 1.96 bits per heavy atom. The molecule has 0 aliphatic rings. The number of nitrogens with one attached hydrogen (secondary N) is 1. The van der Waals surface area contributed by atoms with Crippen molar-refractivity contribution < 1.29 is 4.74 Å². The van der Waals surface area contributed by atoms with Crippen molar-refractivity contribution in [2.24, 2.45) is 0 Å². The van der Waals surface area contributed by atoms with Gasteiger partial charge in [0.1, 0.15) is 17.4 Å². The Morgan fingerprint density at radius 3 is 2.70 bits per heavy atom. The van der Waals surface area contributed by atoms with Gasteiger partial charge in [-0.1, -0.05) is 44.4 Å². The van der Waals surface area contributed by atoms with E-state index in [0.29, 0.717) is 17.9 Å². The van der Waals surface area contributed by atoms with Gasteiger partial charge in [0.25, 0.3) is 5.56 Å². The van der Waals surface area contributed by atoms with Crippen LogP contribution in [0, 0.1) is 18.3 Å². The van der Waals surface area contributed by atoms with Crippen molar-refractivity contribution in [3.8, 4) is 22.9 Å². The summed E-state index contributed by atoms with van der Waals surface area (Å²) in [5.41, 5.74) is 1.89. The molecule has 0 bridgehead atoms. The minimum Gasteiger partial charge on any atom is -0.493 e. The number of H-pyrrole nitrogens is 1. The zero-order valence-corrected chi connectivity index (χ0v) is 13.7. The van der Waals surface area contributed by atoms with E-state index in [1.807, 2.05) is 36.4 Å². The van der Waals surface area contributed by atoms with E-state index >= 15 is 0 Å². The molecule has 4 nitrogen and oxygen atoms in total. The molecular weight excluding hydrogens is 288 g/mol. The van der Waals surface area contributed by atoms with Crippen LogP contribution in [0.15, 0.2) is 35.1 Å². The van der Waals surface area contributed by atoms with Crippen LogP contribution in [0.3, 0.4) is 0 Å². The molecule has 0 aliphatic carbocycles. The summed E-state index contributed by atoms with van der Waals surface area (Å²) in [6, 6.07) is 11.4. The Balaban J connectivity index is 2.31. The second-order valence-electron chi connectivity index (χ2n) is 5.59. The molecule has 0 fully saturated rings. The van der Waals surface area contributed by atoms with Crippen LogP contribution in [0.1, 0.15) is 43.9 Å². The number of aryl methyl sites for hydroxylation is 1. The average molecular weight is 310 g/mol. The van der Waals surface area contributed by atoms with Crippen molar-refractivity contribution in [1.82, 2.24) is 4.98 Å². The summed E-state index contributed by atoms with van der Waals surface area (Å²) in [6.07, 6.45) is 4.54. The van der Waals surface area contributed by atoms with E-state index < -0.39 is 0 Å². The lowest BCUT2D eigenvalue weighted by Gasteiger charge is -2.13. The van der Waals surface area contributed by atoms with Crippen molar-refractivity contribution in [2.45, 2.75) is 39.5 Å². The molecule has 0 spiro atoms. The van der Waals surface area contributed by atoms with E-state index in [0.717, 1.165) is 24.1 Å². The molecular formula is C19H22N2O2. The SMILES string of the molecule is CCCCCCOc1ccccc1-c1cc(C)[nH]c(=O)c1C#N. The highest BCUT2D eigenvalue weighted by atomic mass is 16.5. The number of aromatic nitrogens is 1. The Bertz CT molecular complexity index is 757. The molecule has 0 saturated carbocycles. The molecule has 0 saturated heterocycles. The fraction of sp³-hybridized carbons (Fsp3) is 0.368. The third-order valence-corrected chi connectivity index (χ3v) is 3.71. The normalized spacial score (nSPS) is 10.3. The molecule has 2 aromatic rings. The highest BCUT2D eigenvalue weighted by Crippen LogP contribution is 2.31. The lowest BCUT2D eigenvalue weighted by molar-refractivity contribution is 0.306. The number of nitriles is 1. The van der Waals surface area contributed by atoms with Crippen LogP contribution in [-0.2, 0) is 0 Å². The highest BCUT2D eigenvalue weighted by Gasteiger charge is 2.14. The topological polar surface area (TPSA) is 65.9 Å². The molecule has 1 N–H and O–H groups in total. The van der Waals surface area contributed by atoms with Gasteiger partial charge < -0.3 is 9.72 Å². The number of nitrogens with zero attached hydrogens (tertiary/aromatic N) is 1. The molecule has 1 aromatic carbocycles. The fourth-order valence-corrected chi connectivity index (χ4v) is 2.54. The number of hydrogen-bond donors (Lipinski definition) is 1. The summed E-state index contributed by atoms with van der Waals surface area (Å²) in [5.74, 6) is 0.713. The quantitative estimate of drug-likeness (QED) is 0.780. The Morgan fingerprint density at radius 1 is 1.17 bits per heavy atom. The van der Waals surface area contributed by atoms with Gasteiger partial charge in [-0.15, -0.1) is 0 Å². The first-order chi connectivity index (χ1) is 11.2. The third-order valence-electron chi connectivity index (χ3n) is 3.71. The maximum absolute atomic E-state index is 12.0. The summed E-state index contributed by atoms with van der Waals surface area (Å²) in [7, 11) is 0. The number of aromatic amines is 1. The molecule has 120 valence electrons. The summed E-state index contributed by atoms with van der Waals surface area (Å²) < 4.78 is 5.90. The van der Waals surface area contributed by atoms with Crippen molar-refractivity contribution in [2.75, 3.05) is 6.61 Å². The maximum Gasteiger partial charge on any atom is 0.266 e. The smallest absolute Gasteiger partial charge is 0.266 e. The number of rotatable bonds is 7. The minimum atomic E-state index is -0.361. The van der Waals surface area contributed by atoms with Gasteiger partial charge in [0.2, 0.25) is 0 Å². The third kappa shape index (κ3) is 4.23. The zero-order valence-electron chi connectivity index (χ0n) is 13.7. The van der Waals surface area contributed by atoms with Gasteiger partial charge in [-0.25, -0.2) is 0 Å². The van der Waals surface area contributed by atoms with Crippen LogP contribution in [0.2, 0.25) is 0 Å². The molecule has 0 radical (unpaired) electrons. The van der Waals surface area contributed by atoms with Crippen LogP contribution < -0.4 is 10.3 Å². The molecule has 0 aliphatic heterocycles. The Labute approximate surface area is 136 Å². The Hall–Kier alpha value is -2.54. The van der Waals surface area contributed by atoms with Crippen molar-refractivity contribution in [1.29, 1.82) is 5.26 Å². The zero-order chi connectivity index (χ0) is 16.7. The van der Waals surface area contributed by atoms with Crippen molar-refractivity contribution in [3.05, 3.63) is 51.9 Å². The maximum atomic E-state index is 12.0. The molecule has 0 amide bonds. The predicted molar refractivity (Wildman–Crippen MR) is 91.6 cm³/mol. The lowest BCUT2D eigenvalue weighted by atomic mass is 10.00. The summed E-state index contributed by atoms with van der Waals surface area (Å²) in [4.78, 5) is 14.7. The van der Waals surface area contributed by atoms with E-state index in [1.165, 1.54) is 12.8 Å². The molecule has 23 heavy (non-hydrogen) atoms. The summed E-state index contributed by atoms with van der Waals surface area (Å²) in [5, 5.41) is 9.30. The van der Waals surface area contributed by atoms with Crippen LogP contribution in [0.25, 0.3) is 11.1 Å². The van der Waals surface area contributed by atoms with Crippen molar-refractivity contribution >= 4 is 0 Å². The van der Waals surface area contributed by atoms with Gasteiger partial charge in [0, 0.05) is 16.8 Å². The lowest BCUT2D eigenvalue weighted by Crippen LogP contribution is -2.13. The summed E-state index contributed by atoms with van der Waals surface area (Å²) >= 11 is 0. The predicted octanol–water partition coefficient (Wildman–Crippen LogP) is 4.18. The van der Waals surface area contributed by atoms with Gasteiger partial charge in [-0.2, -0.15) is 5.26 Å². The molecule has 1 heterocycles. The van der Waals surface area contributed by atoms with E-state index in [-0.39, 0.29) is 11.1 Å². The standard InChI is InChI=1S/C19H22N2O2/c1-3-4-5-8-11-23-18-10-7-6-9-15(18)16-12-14(2)21-19(22)17(16)13-20/h6-7,9-10,12H,3-5,8,11H2,1-2H3,(H,21,22). The molecule has 0 unspecified atom stereocenters. The van der Waals surface area contributed by atoms with Crippen LogP contribution in [0.5, 0.6) is 5.75 Å². The van der Waals surface area contributed by atoms with E-state index in [1.54, 1.807) is 6.92 Å².